The Kier molecular flexibility index (Phi) is 7.28. The summed E-state index contributed by atoms with van der Waals surface area (Å²) < 4.78 is 43.4. The van der Waals surface area contributed by atoms with Crippen molar-refractivity contribution in [3.05, 3.63) is 71.4 Å². The lowest BCUT2D eigenvalue weighted by atomic mass is 9.96. The summed E-state index contributed by atoms with van der Waals surface area (Å²) in [7, 11) is -3.78. The highest BCUT2D eigenvalue weighted by atomic mass is 32.2. The maximum absolute atomic E-state index is 15.1. The SMILES string of the molecule is C[C@@H](CC1CCCC1)NCc1ccccc1-c1c(F)cccc1NS(=O)(=O)c1cccs1. The number of anilines is 1. The van der Waals surface area contributed by atoms with Crippen LogP contribution in [-0.4, -0.2) is 14.5 Å². The predicted molar refractivity (Wildman–Crippen MR) is 130 cm³/mol. The Bertz CT molecular complexity index is 1140. The lowest BCUT2D eigenvalue weighted by Crippen LogP contribution is -2.27. The minimum atomic E-state index is -3.78. The first kappa shape index (κ1) is 23.0. The number of nitrogens with one attached hydrogen (secondary N) is 2. The molecule has 7 heteroatoms. The van der Waals surface area contributed by atoms with E-state index in [1.54, 1.807) is 17.5 Å². The molecule has 0 spiro atoms. The Morgan fingerprint density at radius 3 is 2.59 bits per heavy atom. The topological polar surface area (TPSA) is 58.2 Å². The van der Waals surface area contributed by atoms with E-state index in [1.165, 1.54) is 43.9 Å². The molecule has 4 rings (SSSR count). The van der Waals surface area contributed by atoms with Crippen molar-refractivity contribution < 1.29 is 12.8 Å². The van der Waals surface area contributed by atoms with Crippen molar-refractivity contribution in [3.8, 4) is 11.1 Å². The standard InChI is InChI=1S/C25H29FN2O2S2/c1-18(16-19-8-2-3-9-19)27-17-20-10-4-5-11-21(20)25-22(26)12-6-13-23(25)28-32(29,30)24-14-7-15-31-24/h4-7,10-15,18-19,27-28H,2-3,8-9,16-17H2,1H3/t18-/m0/s1. The molecule has 2 N–H and O–H groups in total. The molecular formula is C25H29FN2O2S2. The van der Waals surface area contributed by atoms with Crippen LogP contribution in [0.4, 0.5) is 10.1 Å². The van der Waals surface area contributed by atoms with Gasteiger partial charge >= 0.3 is 0 Å². The molecule has 1 saturated carbocycles. The van der Waals surface area contributed by atoms with E-state index in [4.69, 9.17) is 0 Å². The average Bonchev–Trinajstić information content (AvgIpc) is 3.47. The minimum absolute atomic E-state index is 0.198. The number of hydrogen-bond acceptors (Lipinski definition) is 4. The molecule has 4 nitrogen and oxygen atoms in total. The van der Waals surface area contributed by atoms with E-state index in [9.17, 15) is 8.42 Å². The van der Waals surface area contributed by atoms with Crippen LogP contribution in [0.1, 0.15) is 44.6 Å². The van der Waals surface area contributed by atoms with Gasteiger partial charge in [-0.3, -0.25) is 4.72 Å². The first-order chi connectivity index (χ1) is 15.4. The number of benzene rings is 2. The summed E-state index contributed by atoms with van der Waals surface area (Å²) >= 11 is 1.13. The minimum Gasteiger partial charge on any atom is -0.310 e. The molecule has 2 aromatic carbocycles. The summed E-state index contributed by atoms with van der Waals surface area (Å²) in [6.45, 7) is 2.79. The molecule has 170 valence electrons. The third-order valence-corrected chi connectivity index (χ3v) is 8.87. The van der Waals surface area contributed by atoms with Gasteiger partial charge in [0.25, 0.3) is 10.0 Å². The summed E-state index contributed by atoms with van der Waals surface area (Å²) in [4.78, 5) is 0. The fourth-order valence-corrected chi connectivity index (χ4v) is 6.59. The Balaban J connectivity index is 1.59. The van der Waals surface area contributed by atoms with Crippen LogP contribution in [0.15, 0.2) is 64.2 Å². The Labute approximate surface area is 193 Å². The van der Waals surface area contributed by atoms with E-state index in [0.29, 0.717) is 18.2 Å². The van der Waals surface area contributed by atoms with Crippen LogP contribution in [0.25, 0.3) is 11.1 Å². The van der Waals surface area contributed by atoms with Crippen LogP contribution >= 0.6 is 11.3 Å². The Morgan fingerprint density at radius 1 is 1.06 bits per heavy atom. The van der Waals surface area contributed by atoms with Crippen LogP contribution in [0, 0.1) is 11.7 Å². The molecule has 3 aromatic rings. The van der Waals surface area contributed by atoms with Gasteiger partial charge in [0.05, 0.1) is 5.69 Å². The molecule has 0 bridgehead atoms. The first-order valence-corrected chi connectivity index (χ1v) is 13.5. The second-order valence-corrected chi connectivity index (χ2v) is 11.4. The smallest absolute Gasteiger partial charge is 0.271 e. The van der Waals surface area contributed by atoms with E-state index in [2.05, 4.69) is 17.0 Å². The van der Waals surface area contributed by atoms with Gasteiger partial charge in [0.1, 0.15) is 10.0 Å². The zero-order chi connectivity index (χ0) is 22.6. The van der Waals surface area contributed by atoms with Crippen molar-refractivity contribution in [2.75, 3.05) is 4.72 Å². The van der Waals surface area contributed by atoms with Crippen molar-refractivity contribution in [2.45, 2.75) is 55.8 Å². The molecule has 1 aromatic heterocycles. The van der Waals surface area contributed by atoms with Gasteiger partial charge in [-0.05, 0) is 54.0 Å². The highest BCUT2D eigenvalue weighted by Gasteiger charge is 2.21. The summed E-state index contributed by atoms with van der Waals surface area (Å²) in [6, 6.07) is 15.7. The Hall–Kier alpha value is -2.22. The molecule has 1 aliphatic carbocycles. The van der Waals surface area contributed by atoms with Crippen LogP contribution < -0.4 is 10.0 Å². The van der Waals surface area contributed by atoms with Gasteiger partial charge in [-0.25, -0.2) is 12.8 Å². The number of thiophene rings is 1. The zero-order valence-corrected chi connectivity index (χ0v) is 19.8. The molecule has 0 amide bonds. The van der Waals surface area contributed by atoms with Crippen molar-refractivity contribution in [1.82, 2.24) is 5.32 Å². The van der Waals surface area contributed by atoms with Crippen molar-refractivity contribution in [2.24, 2.45) is 5.92 Å². The molecule has 1 heterocycles. The van der Waals surface area contributed by atoms with Crippen molar-refractivity contribution in [1.29, 1.82) is 0 Å². The van der Waals surface area contributed by atoms with E-state index in [1.807, 2.05) is 24.3 Å². The Morgan fingerprint density at radius 2 is 1.84 bits per heavy atom. The van der Waals surface area contributed by atoms with Gasteiger partial charge in [0.2, 0.25) is 0 Å². The molecule has 32 heavy (non-hydrogen) atoms. The fourth-order valence-electron chi connectivity index (χ4n) is 4.53. The third-order valence-electron chi connectivity index (χ3n) is 6.11. The van der Waals surface area contributed by atoms with Gasteiger partial charge in [-0.1, -0.05) is 62.1 Å². The zero-order valence-electron chi connectivity index (χ0n) is 18.2. The predicted octanol–water partition coefficient (Wildman–Crippen LogP) is 6.41. The second kappa shape index (κ2) is 10.1. The lowest BCUT2D eigenvalue weighted by Gasteiger charge is -2.20. The van der Waals surface area contributed by atoms with E-state index >= 15 is 4.39 Å². The molecule has 0 unspecified atom stereocenters. The quantitative estimate of drug-likeness (QED) is 0.378. The molecular weight excluding hydrogens is 443 g/mol. The number of sulfonamides is 1. The van der Waals surface area contributed by atoms with Gasteiger partial charge in [0, 0.05) is 18.2 Å². The second-order valence-electron chi connectivity index (χ2n) is 8.53. The van der Waals surface area contributed by atoms with Gasteiger partial charge in [-0.2, -0.15) is 0 Å². The number of rotatable bonds is 9. The number of halogens is 1. The molecule has 1 aliphatic rings. The fraction of sp³-hybridized carbons (Fsp3) is 0.360. The normalized spacial score (nSPS) is 15.7. The van der Waals surface area contributed by atoms with E-state index in [0.717, 1.165) is 29.2 Å². The van der Waals surface area contributed by atoms with E-state index < -0.39 is 15.8 Å². The summed E-state index contributed by atoms with van der Waals surface area (Å²) in [5.74, 6) is 0.334. The molecule has 1 fully saturated rings. The molecule has 0 aliphatic heterocycles. The van der Waals surface area contributed by atoms with E-state index in [-0.39, 0.29) is 15.5 Å². The first-order valence-electron chi connectivity index (χ1n) is 11.1. The maximum atomic E-state index is 15.1. The van der Waals surface area contributed by atoms with Gasteiger partial charge in [-0.15, -0.1) is 11.3 Å². The largest absolute Gasteiger partial charge is 0.310 e. The molecule has 0 saturated heterocycles. The molecule has 0 radical (unpaired) electrons. The number of hydrogen-bond donors (Lipinski definition) is 2. The van der Waals surface area contributed by atoms with Crippen LogP contribution in [0.2, 0.25) is 0 Å². The summed E-state index contributed by atoms with van der Waals surface area (Å²) in [5.41, 5.74) is 2.14. The lowest BCUT2D eigenvalue weighted by molar-refractivity contribution is 0.404. The third kappa shape index (κ3) is 5.39. The summed E-state index contributed by atoms with van der Waals surface area (Å²) in [5, 5.41) is 5.29. The van der Waals surface area contributed by atoms with Crippen LogP contribution in [0.3, 0.4) is 0 Å². The van der Waals surface area contributed by atoms with Gasteiger partial charge < -0.3 is 5.32 Å². The monoisotopic (exact) mass is 472 g/mol. The average molecular weight is 473 g/mol. The van der Waals surface area contributed by atoms with Crippen LogP contribution in [0.5, 0.6) is 0 Å². The summed E-state index contributed by atoms with van der Waals surface area (Å²) in [6.07, 6.45) is 6.43. The molecule has 1 atom stereocenters. The highest BCUT2D eigenvalue weighted by Crippen LogP contribution is 2.35. The van der Waals surface area contributed by atoms with Gasteiger partial charge in [0.15, 0.2) is 0 Å². The maximum Gasteiger partial charge on any atom is 0.271 e. The van der Waals surface area contributed by atoms with Crippen molar-refractivity contribution in [3.63, 3.8) is 0 Å². The highest BCUT2D eigenvalue weighted by molar-refractivity contribution is 7.94. The van der Waals surface area contributed by atoms with Crippen LogP contribution in [-0.2, 0) is 16.6 Å². The van der Waals surface area contributed by atoms with Crippen molar-refractivity contribution >= 4 is 27.0 Å².